The third-order valence-corrected chi connectivity index (χ3v) is 6.46. The molecule has 27 heavy (non-hydrogen) atoms. The number of hydrogen-bond donors (Lipinski definition) is 1. The van der Waals surface area contributed by atoms with Crippen molar-refractivity contribution in [3.05, 3.63) is 34.9 Å². The molecule has 1 saturated carbocycles. The first-order valence-electron chi connectivity index (χ1n) is 10.4. The summed E-state index contributed by atoms with van der Waals surface area (Å²) in [4.78, 5) is 27.6. The zero-order valence-electron chi connectivity index (χ0n) is 16.3. The molecule has 4 nitrogen and oxygen atoms in total. The molecule has 1 aromatic rings. The average Bonchev–Trinajstić information content (AvgIpc) is 2.72. The summed E-state index contributed by atoms with van der Waals surface area (Å²) >= 11 is 5.89. The minimum absolute atomic E-state index is 0.0321. The second-order valence-corrected chi connectivity index (χ2v) is 8.42. The van der Waals surface area contributed by atoms with Crippen LogP contribution in [0.2, 0.25) is 5.02 Å². The first kappa shape index (κ1) is 20.2. The van der Waals surface area contributed by atoms with Crippen LogP contribution in [0.1, 0.15) is 63.9 Å². The van der Waals surface area contributed by atoms with E-state index in [2.05, 4.69) is 17.1 Å². The largest absolute Gasteiger partial charge is 0.352 e. The van der Waals surface area contributed by atoms with Crippen LogP contribution in [0.3, 0.4) is 0 Å². The van der Waals surface area contributed by atoms with Gasteiger partial charge in [0.05, 0.1) is 0 Å². The lowest BCUT2D eigenvalue weighted by Crippen LogP contribution is -2.47. The summed E-state index contributed by atoms with van der Waals surface area (Å²) in [5.41, 5.74) is 1.05. The maximum atomic E-state index is 13.0. The fourth-order valence-corrected chi connectivity index (χ4v) is 4.61. The van der Waals surface area contributed by atoms with E-state index in [0.29, 0.717) is 23.5 Å². The smallest absolute Gasteiger partial charge is 0.225 e. The molecule has 1 aliphatic heterocycles. The molecule has 1 aromatic carbocycles. The lowest BCUT2D eigenvalue weighted by atomic mass is 9.80. The molecule has 2 aliphatic rings. The lowest BCUT2D eigenvalue weighted by Gasteiger charge is -2.39. The first-order chi connectivity index (χ1) is 13.1. The Kier molecular flexibility index (Phi) is 7.17. The molecule has 0 spiro atoms. The SMILES string of the molecule is CCC1CCCCN1C(=O)C1CCC(C(=O)NCc2ccc(Cl)cc2)CC1. The van der Waals surface area contributed by atoms with Crippen LogP contribution in [0.4, 0.5) is 0 Å². The topological polar surface area (TPSA) is 49.4 Å². The molecule has 0 bridgehead atoms. The molecule has 1 saturated heterocycles. The Morgan fingerprint density at radius 3 is 2.37 bits per heavy atom. The molecule has 5 heteroatoms. The van der Waals surface area contributed by atoms with E-state index in [1.54, 1.807) is 0 Å². The third kappa shape index (κ3) is 5.25. The van der Waals surface area contributed by atoms with Crippen LogP contribution >= 0.6 is 11.6 Å². The Morgan fingerprint density at radius 2 is 1.70 bits per heavy atom. The number of nitrogens with one attached hydrogen (secondary N) is 1. The van der Waals surface area contributed by atoms with Gasteiger partial charge in [0, 0.05) is 36.0 Å². The van der Waals surface area contributed by atoms with E-state index >= 15 is 0 Å². The molecule has 1 N–H and O–H groups in total. The molecule has 1 aliphatic carbocycles. The van der Waals surface area contributed by atoms with Gasteiger partial charge in [-0.2, -0.15) is 0 Å². The number of likely N-dealkylation sites (tertiary alicyclic amines) is 1. The van der Waals surface area contributed by atoms with Gasteiger partial charge in [0.15, 0.2) is 0 Å². The van der Waals surface area contributed by atoms with E-state index < -0.39 is 0 Å². The Bertz CT molecular complexity index is 638. The predicted molar refractivity (Wildman–Crippen MR) is 108 cm³/mol. The van der Waals surface area contributed by atoms with Crippen LogP contribution in [0.25, 0.3) is 0 Å². The van der Waals surface area contributed by atoms with Gasteiger partial charge in [0.25, 0.3) is 0 Å². The van der Waals surface area contributed by atoms with Crippen molar-refractivity contribution in [2.75, 3.05) is 6.54 Å². The van der Waals surface area contributed by atoms with Gasteiger partial charge in [-0.15, -0.1) is 0 Å². The average molecular weight is 391 g/mol. The summed E-state index contributed by atoms with van der Waals surface area (Å²) in [6.07, 6.45) is 7.86. The van der Waals surface area contributed by atoms with E-state index in [0.717, 1.165) is 57.1 Å². The van der Waals surface area contributed by atoms with Gasteiger partial charge in [0.2, 0.25) is 11.8 Å². The first-order valence-corrected chi connectivity index (χ1v) is 10.8. The van der Waals surface area contributed by atoms with Crippen LogP contribution in [0.5, 0.6) is 0 Å². The molecule has 2 amide bonds. The van der Waals surface area contributed by atoms with Crippen LogP contribution in [0, 0.1) is 11.8 Å². The highest BCUT2D eigenvalue weighted by atomic mass is 35.5. The normalized spacial score (nSPS) is 25.9. The van der Waals surface area contributed by atoms with Crippen LogP contribution in [-0.2, 0) is 16.1 Å². The quantitative estimate of drug-likeness (QED) is 0.801. The second kappa shape index (κ2) is 9.59. The zero-order valence-corrected chi connectivity index (χ0v) is 17.0. The number of carbonyl (C=O) groups excluding carboxylic acids is 2. The highest BCUT2D eigenvalue weighted by Crippen LogP contribution is 2.32. The molecule has 0 aromatic heterocycles. The van der Waals surface area contributed by atoms with Crippen LogP contribution in [-0.4, -0.2) is 29.3 Å². The fourth-order valence-electron chi connectivity index (χ4n) is 4.49. The summed E-state index contributed by atoms with van der Waals surface area (Å²) in [5, 5.41) is 3.74. The van der Waals surface area contributed by atoms with Gasteiger partial charge < -0.3 is 10.2 Å². The van der Waals surface area contributed by atoms with Crippen molar-refractivity contribution in [2.45, 2.75) is 70.9 Å². The molecule has 2 fully saturated rings. The summed E-state index contributed by atoms with van der Waals surface area (Å²) in [6, 6.07) is 7.96. The van der Waals surface area contributed by atoms with Crippen molar-refractivity contribution in [3.8, 4) is 0 Å². The highest BCUT2D eigenvalue weighted by molar-refractivity contribution is 6.30. The van der Waals surface area contributed by atoms with Gasteiger partial charge in [0.1, 0.15) is 0 Å². The standard InChI is InChI=1S/C22H31ClN2O2/c1-2-20-5-3-4-14-25(20)22(27)18-10-8-17(9-11-18)21(26)24-15-16-6-12-19(23)13-7-16/h6-7,12-13,17-18,20H,2-5,8-11,14-15H2,1H3,(H,24,26). The monoisotopic (exact) mass is 390 g/mol. The van der Waals surface area contributed by atoms with E-state index in [1.165, 1.54) is 6.42 Å². The van der Waals surface area contributed by atoms with Gasteiger partial charge >= 0.3 is 0 Å². The maximum absolute atomic E-state index is 13.0. The Hall–Kier alpha value is -1.55. The fraction of sp³-hybridized carbons (Fsp3) is 0.636. The lowest BCUT2D eigenvalue weighted by molar-refractivity contribution is -0.142. The van der Waals surface area contributed by atoms with Crippen molar-refractivity contribution in [1.29, 1.82) is 0 Å². The molecule has 0 radical (unpaired) electrons. The molecular formula is C22H31ClN2O2. The summed E-state index contributed by atoms with van der Waals surface area (Å²) in [7, 11) is 0. The maximum Gasteiger partial charge on any atom is 0.225 e. The van der Waals surface area contributed by atoms with E-state index in [1.807, 2.05) is 24.3 Å². The molecule has 1 heterocycles. The van der Waals surface area contributed by atoms with Crippen molar-refractivity contribution >= 4 is 23.4 Å². The Balaban J connectivity index is 1.45. The number of rotatable bonds is 5. The molecular weight excluding hydrogens is 360 g/mol. The summed E-state index contributed by atoms with van der Waals surface area (Å²) in [6.45, 7) is 3.62. The van der Waals surface area contributed by atoms with Gasteiger partial charge in [-0.05, 0) is 69.1 Å². The number of piperidine rings is 1. The van der Waals surface area contributed by atoms with Crippen molar-refractivity contribution in [1.82, 2.24) is 10.2 Å². The van der Waals surface area contributed by atoms with Crippen LogP contribution in [0.15, 0.2) is 24.3 Å². The molecule has 1 atom stereocenters. The van der Waals surface area contributed by atoms with Gasteiger partial charge in [-0.25, -0.2) is 0 Å². The second-order valence-electron chi connectivity index (χ2n) is 7.98. The zero-order chi connectivity index (χ0) is 19.2. The number of nitrogens with zero attached hydrogens (tertiary/aromatic N) is 1. The molecule has 1 unspecified atom stereocenters. The van der Waals surface area contributed by atoms with E-state index in [4.69, 9.17) is 11.6 Å². The minimum Gasteiger partial charge on any atom is -0.352 e. The summed E-state index contributed by atoms with van der Waals surface area (Å²) in [5.74, 6) is 0.587. The number of benzene rings is 1. The van der Waals surface area contributed by atoms with Crippen molar-refractivity contribution < 1.29 is 9.59 Å². The van der Waals surface area contributed by atoms with E-state index in [-0.39, 0.29) is 17.7 Å². The number of halogens is 1. The third-order valence-electron chi connectivity index (χ3n) is 6.21. The predicted octanol–water partition coefficient (Wildman–Crippen LogP) is 4.55. The van der Waals surface area contributed by atoms with E-state index in [9.17, 15) is 9.59 Å². The van der Waals surface area contributed by atoms with Crippen molar-refractivity contribution in [2.24, 2.45) is 11.8 Å². The van der Waals surface area contributed by atoms with Crippen molar-refractivity contribution in [3.63, 3.8) is 0 Å². The Morgan fingerprint density at radius 1 is 1.04 bits per heavy atom. The molecule has 148 valence electrons. The van der Waals surface area contributed by atoms with Gasteiger partial charge in [-0.3, -0.25) is 9.59 Å². The highest BCUT2D eigenvalue weighted by Gasteiger charge is 2.34. The van der Waals surface area contributed by atoms with Crippen LogP contribution < -0.4 is 5.32 Å². The molecule has 3 rings (SSSR count). The van der Waals surface area contributed by atoms with Gasteiger partial charge in [-0.1, -0.05) is 30.7 Å². The Labute approximate surface area is 167 Å². The minimum atomic E-state index is 0.0321. The summed E-state index contributed by atoms with van der Waals surface area (Å²) < 4.78 is 0. The number of carbonyl (C=O) groups is 2. The number of amides is 2. The number of hydrogen-bond acceptors (Lipinski definition) is 2.